The summed E-state index contributed by atoms with van der Waals surface area (Å²) in [7, 11) is -4.72. The van der Waals surface area contributed by atoms with Crippen molar-refractivity contribution < 1.29 is 52.3 Å². The fourth-order valence-electron chi connectivity index (χ4n) is 5.05. The minimum Gasteiger partial charge on any atom is -0.480 e. The van der Waals surface area contributed by atoms with Crippen molar-refractivity contribution in [1.29, 1.82) is 0 Å². The highest BCUT2D eigenvalue weighted by Crippen LogP contribution is 2.43. The van der Waals surface area contributed by atoms with Crippen LogP contribution in [0.5, 0.6) is 0 Å². The first kappa shape index (κ1) is 48.6. The second-order valence-corrected chi connectivity index (χ2v) is 14.6. The third-order valence-electron chi connectivity index (χ3n) is 8.18. The molecule has 3 atom stereocenters. The van der Waals surface area contributed by atoms with Gasteiger partial charge in [0.25, 0.3) is 0 Å². The van der Waals surface area contributed by atoms with Gasteiger partial charge in [-0.3, -0.25) is 28.2 Å². The molecule has 0 rings (SSSR count). The first-order valence-corrected chi connectivity index (χ1v) is 20.8. The number of ketones is 1. The lowest BCUT2D eigenvalue weighted by atomic mass is 10.1. The van der Waals surface area contributed by atoms with Gasteiger partial charge in [-0.2, -0.15) is 0 Å². The summed E-state index contributed by atoms with van der Waals surface area (Å²) in [5.74, 6) is -2.29. The third kappa shape index (κ3) is 33.2. The first-order valence-electron chi connectivity index (χ1n) is 19.3. The van der Waals surface area contributed by atoms with Crippen molar-refractivity contribution in [2.45, 2.75) is 174 Å². The zero-order valence-electron chi connectivity index (χ0n) is 31.4. The van der Waals surface area contributed by atoms with E-state index >= 15 is 0 Å². The van der Waals surface area contributed by atoms with E-state index in [-0.39, 0.29) is 25.2 Å². The van der Waals surface area contributed by atoms with Crippen LogP contribution in [0, 0.1) is 0 Å². The Labute approximate surface area is 306 Å². The predicted molar refractivity (Wildman–Crippen MR) is 199 cm³/mol. The maximum Gasteiger partial charge on any atom is 0.472 e. The number of hydrogen-bond donors (Lipinski definition) is 3. The van der Waals surface area contributed by atoms with Crippen LogP contribution in [0.4, 0.5) is 0 Å². The smallest absolute Gasteiger partial charge is 0.472 e. The van der Waals surface area contributed by atoms with Crippen molar-refractivity contribution in [3.05, 3.63) is 24.3 Å². The van der Waals surface area contributed by atoms with Gasteiger partial charge in [-0.25, -0.2) is 4.57 Å². The molecular formula is C38H68NO11P. The van der Waals surface area contributed by atoms with E-state index in [9.17, 15) is 28.6 Å². The standard InChI is InChI=1S/C38H68NO11P/c1-3-5-7-8-9-10-11-14-18-21-25-29-37(42)50-34(31-48-51(45,46)49-32-35(39)38(43)44)30-47-36(41)28-24-20-17-15-12-13-16-19-23-27-33(40)26-22-6-4-2/h16,19,23,27,34-35H,3-15,17-18,20-22,24-26,28-32,39H2,1-2H3,(H,43,44)(H,45,46)/b19-16-,27-23+/t34-,35+/m1/s1. The normalized spacial score (nSPS) is 14.0. The summed E-state index contributed by atoms with van der Waals surface area (Å²) < 4.78 is 32.5. The summed E-state index contributed by atoms with van der Waals surface area (Å²) in [5.41, 5.74) is 5.31. The van der Waals surface area contributed by atoms with Crippen LogP contribution in [0.25, 0.3) is 0 Å². The molecule has 1 unspecified atom stereocenters. The van der Waals surface area contributed by atoms with E-state index in [4.69, 9.17) is 24.8 Å². The third-order valence-corrected chi connectivity index (χ3v) is 9.13. The predicted octanol–water partition coefficient (Wildman–Crippen LogP) is 8.68. The average Bonchev–Trinajstić information content (AvgIpc) is 3.09. The topological polar surface area (TPSA) is 189 Å². The first-order chi connectivity index (χ1) is 24.5. The number of carboxylic acids is 1. The van der Waals surface area contributed by atoms with Gasteiger partial charge in [0, 0.05) is 19.3 Å². The van der Waals surface area contributed by atoms with Crippen molar-refractivity contribution in [3.8, 4) is 0 Å². The molecule has 0 fully saturated rings. The van der Waals surface area contributed by atoms with Gasteiger partial charge in [0.1, 0.15) is 12.6 Å². The molecule has 0 amide bonds. The Balaban J connectivity index is 4.48. The Morgan fingerprint density at radius 1 is 0.647 bits per heavy atom. The zero-order chi connectivity index (χ0) is 38.0. The van der Waals surface area contributed by atoms with E-state index in [1.165, 1.54) is 44.9 Å². The van der Waals surface area contributed by atoms with Crippen LogP contribution in [0.1, 0.15) is 162 Å². The average molecular weight is 746 g/mol. The molecule has 4 N–H and O–H groups in total. The van der Waals surface area contributed by atoms with E-state index in [2.05, 4.69) is 18.4 Å². The number of aliphatic carboxylic acids is 1. The molecule has 0 aromatic heterocycles. The summed E-state index contributed by atoms with van der Waals surface area (Å²) >= 11 is 0. The van der Waals surface area contributed by atoms with Crippen LogP contribution in [-0.2, 0) is 42.3 Å². The number of phosphoric ester groups is 1. The maximum absolute atomic E-state index is 12.5. The lowest BCUT2D eigenvalue weighted by molar-refractivity contribution is -0.161. The number of rotatable bonds is 36. The van der Waals surface area contributed by atoms with E-state index in [0.29, 0.717) is 19.3 Å². The molecule has 12 nitrogen and oxygen atoms in total. The van der Waals surface area contributed by atoms with Crippen LogP contribution >= 0.6 is 7.82 Å². The maximum atomic E-state index is 12.5. The molecule has 296 valence electrons. The molecule has 0 saturated heterocycles. The van der Waals surface area contributed by atoms with Gasteiger partial charge in [0.2, 0.25) is 0 Å². The van der Waals surface area contributed by atoms with Crippen molar-refractivity contribution in [1.82, 2.24) is 0 Å². The Bertz CT molecular complexity index is 1030. The van der Waals surface area contributed by atoms with Crippen LogP contribution in [0.3, 0.4) is 0 Å². The van der Waals surface area contributed by atoms with Gasteiger partial charge in [-0.1, -0.05) is 128 Å². The van der Waals surface area contributed by atoms with Gasteiger partial charge in [0.15, 0.2) is 11.9 Å². The minimum absolute atomic E-state index is 0.146. The number of esters is 2. The number of carbonyl (C=O) groups excluding carboxylic acids is 3. The molecule has 0 aliphatic rings. The highest BCUT2D eigenvalue weighted by molar-refractivity contribution is 7.47. The summed E-state index contributed by atoms with van der Waals surface area (Å²) in [6.45, 7) is 2.58. The van der Waals surface area contributed by atoms with E-state index in [1.807, 2.05) is 12.2 Å². The number of allylic oxidation sites excluding steroid dienone is 4. The van der Waals surface area contributed by atoms with Crippen molar-refractivity contribution in [2.24, 2.45) is 5.73 Å². The van der Waals surface area contributed by atoms with Gasteiger partial charge >= 0.3 is 25.7 Å². The van der Waals surface area contributed by atoms with E-state index in [0.717, 1.165) is 70.6 Å². The molecular weight excluding hydrogens is 677 g/mol. The molecule has 0 saturated carbocycles. The number of ether oxygens (including phenoxy) is 2. The quantitative estimate of drug-likeness (QED) is 0.0182. The summed E-state index contributed by atoms with van der Waals surface area (Å²) in [6, 6.07) is -1.53. The fourth-order valence-corrected chi connectivity index (χ4v) is 5.82. The Kier molecular flexibility index (Phi) is 31.9. The molecule has 51 heavy (non-hydrogen) atoms. The number of unbranched alkanes of at least 4 members (excludes halogenated alkanes) is 17. The largest absolute Gasteiger partial charge is 0.480 e. The lowest BCUT2D eigenvalue weighted by Gasteiger charge is -2.20. The molecule has 0 aromatic rings. The number of phosphoric acid groups is 1. The Morgan fingerprint density at radius 2 is 1.14 bits per heavy atom. The van der Waals surface area contributed by atoms with Crippen LogP contribution in [0.2, 0.25) is 0 Å². The summed E-state index contributed by atoms with van der Waals surface area (Å²) in [5, 5.41) is 8.85. The van der Waals surface area contributed by atoms with Crippen molar-refractivity contribution in [3.63, 3.8) is 0 Å². The monoisotopic (exact) mass is 745 g/mol. The molecule has 0 radical (unpaired) electrons. The SMILES string of the molecule is CCCCCCCCCCCCCC(=O)O[C@H](COC(=O)CCCCCCC/C=C\C=C\C(=O)CCCCC)COP(=O)(O)OC[C@H](N)C(=O)O. The number of carbonyl (C=O) groups is 4. The fraction of sp³-hybridized carbons (Fsp3) is 0.789. The minimum atomic E-state index is -4.72. The van der Waals surface area contributed by atoms with Crippen LogP contribution in [-0.4, -0.2) is 65.7 Å². The number of hydrogen-bond acceptors (Lipinski definition) is 10. The number of carboxylic acid groups (broad SMARTS) is 1. The van der Waals surface area contributed by atoms with Crippen molar-refractivity contribution >= 4 is 31.5 Å². The molecule has 13 heteroatoms. The molecule has 0 aliphatic carbocycles. The Morgan fingerprint density at radius 3 is 1.73 bits per heavy atom. The second-order valence-electron chi connectivity index (χ2n) is 13.1. The highest BCUT2D eigenvalue weighted by atomic mass is 31.2. The summed E-state index contributed by atoms with van der Waals surface area (Å²) in [4.78, 5) is 57.4. The molecule has 0 aromatic carbocycles. The van der Waals surface area contributed by atoms with E-state index < -0.39 is 51.1 Å². The zero-order valence-corrected chi connectivity index (χ0v) is 32.3. The van der Waals surface area contributed by atoms with Gasteiger partial charge in [0.05, 0.1) is 13.2 Å². The number of nitrogens with two attached hydrogens (primary N) is 1. The molecule has 0 bridgehead atoms. The van der Waals surface area contributed by atoms with Gasteiger partial charge in [-0.15, -0.1) is 0 Å². The van der Waals surface area contributed by atoms with E-state index in [1.54, 1.807) is 12.2 Å². The summed E-state index contributed by atoms with van der Waals surface area (Å²) in [6.07, 6.45) is 28.0. The second kappa shape index (κ2) is 33.5. The van der Waals surface area contributed by atoms with Crippen molar-refractivity contribution in [2.75, 3.05) is 19.8 Å². The molecule has 0 aliphatic heterocycles. The Hall–Kier alpha value is -2.37. The van der Waals surface area contributed by atoms with Crippen LogP contribution in [0.15, 0.2) is 24.3 Å². The van der Waals surface area contributed by atoms with Crippen LogP contribution < -0.4 is 5.73 Å². The van der Waals surface area contributed by atoms with Gasteiger partial charge < -0.3 is 25.2 Å². The highest BCUT2D eigenvalue weighted by Gasteiger charge is 2.28. The van der Waals surface area contributed by atoms with Gasteiger partial charge in [-0.05, 0) is 38.2 Å². The lowest BCUT2D eigenvalue weighted by Crippen LogP contribution is -2.34. The molecule has 0 spiro atoms. The molecule has 0 heterocycles.